The van der Waals surface area contributed by atoms with Crippen LogP contribution in [0.1, 0.15) is 39.2 Å². The van der Waals surface area contributed by atoms with Crippen LogP contribution in [0.25, 0.3) is 0 Å². The molecule has 1 aromatic carbocycles. The van der Waals surface area contributed by atoms with Crippen LogP contribution in [0.2, 0.25) is 0 Å². The van der Waals surface area contributed by atoms with E-state index in [0.717, 1.165) is 12.0 Å². The molecule has 7 nitrogen and oxygen atoms in total. The molecule has 0 saturated carbocycles. The van der Waals surface area contributed by atoms with Gasteiger partial charge in [0.15, 0.2) is 0 Å². The Morgan fingerprint density at radius 1 is 1.17 bits per heavy atom. The zero-order valence-electron chi connectivity index (χ0n) is 17.8. The number of nitrogens with zero attached hydrogens (tertiary/aromatic N) is 1. The van der Waals surface area contributed by atoms with Crippen molar-refractivity contribution >= 4 is 29.6 Å². The summed E-state index contributed by atoms with van der Waals surface area (Å²) < 4.78 is 0. The number of carbonyl (C=O) groups excluding carboxylic acids is 1. The predicted octanol–water partition coefficient (Wildman–Crippen LogP) is 2.49. The first-order valence-electron chi connectivity index (χ1n) is 10.4. The van der Waals surface area contributed by atoms with Crippen LogP contribution >= 0.6 is 11.8 Å². The van der Waals surface area contributed by atoms with Crippen molar-refractivity contribution in [3.05, 3.63) is 35.9 Å². The van der Waals surface area contributed by atoms with Crippen LogP contribution in [-0.2, 0) is 20.8 Å². The molecule has 0 spiro atoms. The molecule has 1 fully saturated rings. The first-order chi connectivity index (χ1) is 14.3. The molecule has 1 aromatic rings. The Labute approximate surface area is 182 Å². The van der Waals surface area contributed by atoms with E-state index >= 15 is 0 Å². The fourth-order valence-corrected chi connectivity index (χ4v) is 5.05. The highest BCUT2D eigenvalue weighted by Crippen LogP contribution is 2.27. The number of aryl methyl sites for hydroxylation is 1. The summed E-state index contributed by atoms with van der Waals surface area (Å²) >= 11 is 1.57. The molecule has 5 atom stereocenters. The van der Waals surface area contributed by atoms with Gasteiger partial charge >= 0.3 is 11.9 Å². The van der Waals surface area contributed by atoms with E-state index in [1.807, 2.05) is 44.2 Å². The molecule has 1 aliphatic rings. The second kappa shape index (κ2) is 11.4. The predicted molar refractivity (Wildman–Crippen MR) is 118 cm³/mol. The van der Waals surface area contributed by atoms with Gasteiger partial charge in [-0.25, -0.2) is 4.79 Å². The topological polar surface area (TPSA) is 107 Å². The van der Waals surface area contributed by atoms with E-state index in [1.165, 1.54) is 11.8 Å². The third kappa shape index (κ3) is 6.22. The number of carboxylic acid groups (broad SMARTS) is 2. The van der Waals surface area contributed by atoms with E-state index in [2.05, 4.69) is 5.32 Å². The van der Waals surface area contributed by atoms with Crippen LogP contribution < -0.4 is 5.32 Å². The molecule has 1 aliphatic heterocycles. The van der Waals surface area contributed by atoms with E-state index in [-0.39, 0.29) is 17.9 Å². The van der Waals surface area contributed by atoms with Gasteiger partial charge in [0, 0.05) is 17.5 Å². The number of carboxylic acids is 2. The highest BCUT2D eigenvalue weighted by Gasteiger charge is 2.41. The summed E-state index contributed by atoms with van der Waals surface area (Å²) in [7, 11) is 0. The summed E-state index contributed by atoms with van der Waals surface area (Å²) in [6, 6.07) is 6.82. The summed E-state index contributed by atoms with van der Waals surface area (Å²) in [5, 5.41) is 22.3. The number of benzene rings is 1. The molecule has 166 valence electrons. The Morgan fingerprint density at radius 3 is 2.40 bits per heavy atom. The molecule has 1 heterocycles. The lowest BCUT2D eigenvalue weighted by Crippen LogP contribution is -2.59. The summed E-state index contributed by atoms with van der Waals surface area (Å²) in [4.78, 5) is 38.3. The lowest BCUT2D eigenvalue weighted by molar-refractivity contribution is -0.153. The number of thioether (sulfide) groups is 1. The number of aliphatic carboxylic acids is 2. The standard InChI is InChI=1S/C22H32N2O5S/c1-4-14(2)19-13-30-12-18(20(25)24(19)15(3)21(26)27)23-17(22(28)29)11-10-16-8-6-5-7-9-16/h5-9,14-15,17-19,23H,4,10-13H2,1-3H3,(H,26,27)(H,28,29). The first kappa shape index (κ1) is 24.2. The van der Waals surface area contributed by atoms with Crippen LogP contribution in [0.5, 0.6) is 0 Å². The van der Waals surface area contributed by atoms with Gasteiger partial charge in [0.2, 0.25) is 5.91 Å². The average molecular weight is 437 g/mol. The minimum atomic E-state index is -1.05. The fourth-order valence-electron chi connectivity index (χ4n) is 3.71. The molecule has 3 N–H and O–H groups in total. The molecular formula is C22H32N2O5S. The van der Waals surface area contributed by atoms with Gasteiger partial charge in [-0.3, -0.25) is 14.9 Å². The van der Waals surface area contributed by atoms with E-state index < -0.39 is 30.1 Å². The third-order valence-electron chi connectivity index (χ3n) is 5.82. The van der Waals surface area contributed by atoms with Crippen LogP contribution in [0.15, 0.2) is 30.3 Å². The fraction of sp³-hybridized carbons (Fsp3) is 0.591. The third-order valence-corrected chi connectivity index (χ3v) is 6.97. The van der Waals surface area contributed by atoms with E-state index in [1.54, 1.807) is 11.8 Å². The second-order valence-electron chi connectivity index (χ2n) is 7.88. The summed E-state index contributed by atoms with van der Waals surface area (Å²) in [5.74, 6) is -1.19. The molecule has 1 saturated heterocycles. The van der Waals surface area contributed by atoms with Gasteiger partial charge in [0.1, 0.15) is 12.1 Å². The van der Waals surface area contributed by atoms with Crippen molar-refractivity contribution in [2.75, 3.05) is 11.5 Å². The van der Waals surface area contributed by atoms with Crippen molar-refractivity contribution in [1.82, 2.24) is 10.2 Å². The average Bonchev–Trinajstić information content (AvgIpc) is 2.89. The number of amides is 1. The molecule has 0 aliphatic carbocycles. The van der Waals surface area contributed by atoms with Gasteiger partial charge in [-0.15, -0.1) is 0 Å². The molecule has 30 heavy (non-hydrogen) atoms. The largest absolute Gasteiger partial charge is 0.480 e. The van der Waals surface area contributed by atoms with Gasteiger partial charge in [0.05, 0.1) is 6.04 Å². The van der Waals surface area contributed by atoms with Crippen molar-refractivity contribution in [3.8, 4) is 0 Å². The van der Waals surface area contributed by atoms with Crippen molar-refractivity contribution in [2.24, 2.45) is 5.92 Å². The van der Waals surface area contributed by atoms with E-state index in [9.17, 15) is 24.6 Å². The second-order valence-corrected chi connectivity index (χ2v) is 8.96. The van der Waals surface area contributed by atoms with Gasteiger partial charge in [-0.2, -0.15) is 11.8 Å². The number of nitrogens with one attached hydrogen (secondary N) is 1. The minimum absolute atomic E-state index is 0.148. The van der Waals surface area contributed by atoms with Crippen molar-refractivity contribution in [1.29, 1.82) is 0 Å². The molecule has 0 aromatic heterocycles. The minimum Gasteiger partial charge on any atom is -0.480 e. The number of rotatable bonds is 10. The zero-order chi connectivity index (χ0) is 22.3. The first-order valence-corrected chi connectivity index (χ1v) is 11.6. The molecule has 5 unspecified atom stereocenters. The van der Waals surface area contributed by atoms with E-state index in [4.69, 9.17) is 0 Å². The van der Waals surface area contributed by atoms with Crippen LogP contribution in [0.3, 0.4) is 0 Å². The maximum Gasteiger partial charge on any atom is 0.326 e. The normalized spacial score (nSPS) is 22.8. The van der Waals surface area contributed by atoms with Crippen molar-refractivity contribution < 1.29 is 24.6 Å². The molecule has 0 radical (unpaired) electrons. The Balaban J connectivity index is 2.18. The molecule has 2 rings (SSSR count). The SMILES string of the molecule is CCC(C)C1CSCC(NC(CCc2ccccc2)C(=O)O)C(=O)N1C(C)C(=O)O. The van der Waals surface area contributed by atoms with Crippen molar-refractivity contribution in [2.45, 2.75) is 64.2 Å². The highest BCUT2D eigenvalue weighted by molar-refractivity contribution is 7.99. The lowest BCUT2D eigenvalue weighted by atomic mass is 9.96. The summed E-state index contributed by atoms with van der Waals surface area (Å²) in [5.41, 5.74) is 1.03. The van der Waals surface area contributed by atoms with Crippen molar-refractivity contribution in [3.63, 3.8) is 0 Å². The van der Waals surface area contributed by atoms with Gasteiger partial charge < -0.3 is 15.1 Å². The quantitative estimate of drug-likeness (QED) is 0.517. The highest BCUT2D eigenvalue weighted by atomic mass is 32.2. The van der Waals surface area contributed by atoms with E-state index in [0.29, 0.717) is 24.3 Å². The number of hydrogen-bond acceptors (Lipinski definition) is 5. The van der Waals surface area contributed by atoms with Gasteiger partial charge in [-0.05, 0) is 31.2 Å². The lowest BCUT2D eigenvalue weighted by Gasteiger charge is -2.37. The van der Waals surface area contributed by atoms with Crippen LogP contribution in [-0.4, -0.2) is 68.6 Å². The number of carbonyl (C=O) groups is 3. The van der Waals surface area contributed by atoms with Gasteiger partial charge in [-0.1, -0.05) is 50.6 Å². The van der Waals surface area contributed by atoms with Gasteiger partial charge in [0.25, 0.3) is 0 Å². The Hall–Kier alpha value is -2.06. The Morgan fingerprint density at radius 2 is 1.83 bits per heavy atom. The molecule has 1 amide bonds. The molecule has 8 heteroatoms. The molecular weight excluding hydrogens is 404 g/mol. The summed E-state index contributed by atoms with van der Waals surface area (Å²) in [6.07, 6.45) is 1.74. The number of hydrogen-bond donors (Lipinski definition) is 3. The Bertz CT molecular complexity index is 729. The monoisotopic (exact) mass is 436 g/mol. The van der Waals surface area contributed by atoms with Crippen LogP contribution in [0, 0.1) is 5.92 Å². The Kier molecular flexibility index (Phi) is 9.17. The zero-order valence-corrected chi connectivity index (χ0v) is 18.6. The summed E-state index contributed by atoms with van der Waals surface area (Å²) in [6.45, 7) is 5.56. The smallest absolute Gasteiger partial charge is 0.326 e. The maximum absolute atomic E-state index is 13.3. The van der Waals surface area contributed by atoms with Crippen LogP contribution in [0.4, 0.5) is 0 Å². The molecule has 0 bridgehead atoms. The maximum atomic E-state index is 13.3.